The van der Waals surface area contributed by atoms with Gasteiger partial charge in [0.2, 0.25) is 0 Å². The molecule has 3 aromatic rings. The van der Waals surface area contributed by atoms with E-state index in [1.807, 2.05) is 37.4 Å². The van der Waals surface area contributed by atoms with Crippen LogP contribution in [-0.4, -0.2) is 39.5 Å². The first-order valence-corrected chi connectivity index (χ1v) is 8.51. The van der Waals surface area contributed by atoms with E-state index in [4.69, 9.17) is 4.74 Å². The normalized spacial score (nSPS) is 20.5. The quantitative estimate of drug-likeness (QED) is 0.788. The molecular weight excluding hydrogens is 318 g/mol. The summed E-state index contributed by atoms with van der Waals surface area (Å²) in [4.78, 5) is 18.8. The van der Waals surface area contributed by atoms with Gasteiger partial charge in [0.05, 0.1) is 17.7 Å². The summed E-state index contributed by atoms with van der Waals surface area (Å²) in [6, 6.07) is 10.1. The van der Waals surface area contributed by atoms with Crippen LogP contribution in [0.2, 0.25) is 0 Å². The van der Waals surface area contributed by atoms with Gasteiger partial charge in [-0.3, -0.25) is 9.55 Å². The van der Waals surface area contributed by atoms with Crippen molar-refractivity contribution in [1.82, 2.24) is 19.7 Å². The molecule has 1 aliphatic heterocycles. The predicted octanol–water partition coefficient (Wildman–Crippen LogP) is 2.11. The Morgan fingerprint density at radius 2 is 2.16 bits per heavy atom. The molecule has 0 amide bonds. The number of ether oxygens (including phenoxy) is 1. The SMILES string of the molecule is CCn1c([C@@H]2C[C@H](OC)CN2c2ccnc3ccccc23)n[nH]c1=O. The first-order chi connectivity index (χ1) is 12.2. The fourth-order valence-electron chi connectivity index (χ4n) is 3.70. The van der Waals surface area contributed by atoms with E-state index in [0.29, 0.717) is 6.54 Å². The molecule has 130 valence electrons. The maximum absolute atomic E-state index is 12.0. The van der Waals surface area contributed by atoms with Gasteiger partial charge in [-0.15, -0.1) is 0 Å². The standard InChI is InChI=1S/C18H21N5O2/c1-3-22-17(20-21-18(22)24)16-10-12(25-2)11-23(16)15-8-9-19-14-7-5-4-6-13(14)15/h4-9,12,16H,3,10-11H2,1-2H3,(H,21,24)/t12-,16-/m0/s1. The third-order valence-corrected chi connectivity index (χ3v) is 4.93. The number of benzene rings is 1. The lowest BCUT2D eigenvalue weighted by Crippen LogP contribution is -2.28. The zero-order chi connectivity index (χ0) is 17.4. The molecule has 1 saturated heterocycles. The molecule has 7 heteroatoms. The molecule has 4 rings (SSSR count). The molecule has 3 heterocycles. The number of hydrogen-bond donors (Lipinski definition) is 1. The van der Waals surface area contributed by atoms with Crippen LogP contribution in [0.3, 0.4) is 0 Å². The molecule has 2 aromatic heterocycles. The van der Waals surface area contributed by atoms with Gasteiger partial charge in [0.1, 0.15) is 0 Å². The van der Waals surface area contributed by atoms with Crippen molar-refractivity contribution < 1.29 is 4.74 Å². The van der Waals surface area contributed by atoms with E-state index in [2.05, 4.69) is 26.1 Å². The van der Waals surface area contributed by atoms with Gasteiger partial charge < -0.3 is 9.64 Å². The summed E-state index contributed by atoms with van der Waals surface area (Å²) in [5.41, 5.74) is 1.88. The summed E-state index contributed by atoms with van der Waals surface area (Å²) in [7, 11) is 1.73. The lowest BCUT2D eigenvalue weighted by Gasteiger charge is -2.27. The Balaban J connectivity index is 1.84. The Hall–Kier alpha value is -2.67. The topological polar surface area (TPSA) is 76.0 Å². The lowest BCUT2D eigenvalue weighted by molar-refractivity contribution is 0.118. The summed E-state index contributed by atoms with van der Waals surface area (Å²) in [6.45, 7) is 3.29. The van der Waals surface area contributed by atoms with E-state index in [0.717, 1.165) is 35.4 Å². The Bertz CT molecular complexity index is 943. The number of pyridine rings is 1. The zero-order valence-electron chi connectivity index (χ0n) is 14.3. The summed E-state index contributed by atoms with van der Waals surface area (Å²) in [6.07, 6.45) is 2.71. The van der Waals surface area contributed by atoms with Gasteiger partial charge in [-0.2, -0.15) is 5.10 Å². The first kappa shape index (κ1) is 15.8. The van der Waals surface area contributed by atoms with Crippen molar-refractivity contribution >= 4 is 16.6 Å². The minimum atomic E-state index is -0.169. The zero-order valence-corrected chi connectivity index (χ0v) is 14.3. The van der Waals surface area contributed by atoms with Crippen LogP contribution in [0.15, 0.2) is 41.3 Å². The van der Waals surface area contributed by atoms with Gasteiger partial charge in [0.15, 0.2) is 5.82 Å². The monoisotopic (exact) mass is 339 g/mol. The highest BCUT2D eigenvalue weighted by Crippen LogP contribution is 2.38. The van der Waals surface area contributed by atoms with E-state index in [1.54, 1.807) is 11.7 Å². The van der Waals surface area contributed by atoms with Gasteiger partial charge in [0.25, 0.3) is 0 Å². The first-order valence-electron chi connectivity index (χ1n) is 8.51. The van der Waals surface area contributed by atoms with Crippen LogP contribution in [0.4, 0.5) is 5.69 Å². The van der Waals surface area contributed by atoms with Crippen molar-refractivity contribution in [2.75, 3.05) is 18.6 Å². The molecule has 1 fully saturated rings. The van der Waals surface area contributed by atoms with Gasteiger partial charge in [0, 0.05) is 43.9 Å². The molecule has 0 aliphatic carbocycles. The number of hydrogen-bond acceptors (Lipinski definition) is 5. The number of fused-ring (bicyclic) bond motifs is 1. The number of rotatable bonds is 4. The van der Waals surface area contributed by atoms with Crippen LogP contribution >= 0.6 is 0 Å². The van der Waals surface area contributed by atoms with Crippen molar-refractivity contribution in [2.24, 2.45) is 0 Å². The summed E-state index contributed by atoms with van der Waals surface area (Å²) in [5, 5.41) is 7.98. The van der Waals surface area contributed by atoms with E-state index in [1.165, 1.54) is 0 Å². The molecule has 25 heavy (non-hydrogen) atoms. The van der Waals surface area contributed by atoms with Gasteiger partial charge in [-0.25, -0.2) is 9.89 Å². The van der Waals surface area contributed by atoms with Crippen LogP contribution in [0.25, 0.3) is 10.9 Å². The third kappa shape index (κ3) is 2.60. The van der Waals surface area contributed by atoms with E-state index in [9.17, 15) is 4.79 Å². The molecule has 0 radical (unpaired) electrons. The maximum Gasteiger partial charge on any atom is 0.343 e. The predicted molar refractivity (Wildman–Crippen MR) is 95.8 cm³/mol. The molecule has 7 nitrogen and oxygen atoms in total. The number of H-pyrrole nitrogens is 1. The van der Waals surface area contributed by atoms with Crippen LogP contribution in [0.1, 0.15) is 25.2 Å². The molecule has 0 spiro atoms. The van der Waals surface area contributed by atoms with Crippen LogP contribution in [-0.2, 0) is 11.3 Å². The molecule has 0 unspecified atom stereocenters. The Morgan fingerprint density at radius 1 is 1.32 bits per heavy atom. The van der Waals surface area contributed by atoms with Crippen LogP contribution < -0.4 is 10.6 Å². The summed E-state index contributed by atoms with van der Waals surface area (Å²) < 4.78 is 7.32. The Labute approximate surface area is 145 Å². The van der Waals surface area contributed by atoms with Gasteiger partial charge >= 0.3 is 5.69 Å². The molecule has 2 atom stereocenters. The van der Waals surface area contributed by atoms with Gasteiger partial charge in [-0.05, 0) is 19.1 Å². The highest BCUT2D eigenvalue weighted by atomic mass is 16.5. The largest absolute Gasteiger partial charge is 0.380 e. The maximum atomic E-state index is 12.0. The van der Waals surface area contributed by atoms with Crippen molar-refractivity contribution in [3.05, 3.63) is 52.8 Å². The molecule has 0 saturated carbocycles. The average Bonchev–Trinajstić information content (AvgIpc) is 3.24. The lowest BCUT2D eigenvalue weighted by atomic mass is 10.1. The summed E-state index contributed by atoms with van der Waals surface area (Å²) in [5.74, 6) is 0.757. The minimum Gasteiger partial charge on any atom is -0.380 e. The molecule has 1 aliphatic rings. The smallest absolute Gasteiger partial charge is 0.343 e. The molecule has 1 N–H and O–H groups in total. The van der Waals surface area contributed by atoms with Crippen molar-refractivity contribution in [3.63, 3.8) is 0 Å². The number of para-hydroxylation sites is 1. The number of nitrogens with one attached hydrogen (secondary N) is 1. The molecule has 1 aromatic carbocycles. The highest BCUT2D eigenvalue weighted by molar-refractivity contribution is 5.91. The second-order valence-electron chi connectivity index (χ2n) is 6.24. The second-order valence-corrected chi connectivity index (χ2v) is 6.24. The van der Waals surface area contributed by atoms with E-state index >= 15 is 0 Å². The van der Waals surface area contributed by atoms with Crippen LogP contribution in [0.5, 0.6) is 0 Å². The van der Waals surface area contributed by atoms with E-state index < -0.39 is 0 Å². The second kappa shape index (κ2) is 6.33. The number of aromatic nitrogens is 4. The van der Waals surface area contributed by atoms with Gasteiger partial charge in [-0.1, -0.05) is 18.2 Å². The number of methoxy groups -OCH3 is 1. The van der Waals surface area contributed by atoms with Crippen LogP contribution in [0, 0.1) is 0 Å². The number of anilines is 1. The summed E-state index contributed by atoms with van der Waals surface area (Å²) >= 11 is 0. The fourth-order valence-corrected chi connectivity index (χ4v) is 3.70. The number of nitrogens with zero attached hydrogens (tertiary/aromatic N) is 4. The van der Waals surface area contributed by atoms with Crippen molar-refractivity contribution in [1.29, 1.82) is 0 Å². The molecular formula is C18H21N5O2. The fraction of sp³-hybridized carbons (Fsp3) is 0.389. The highest BCUT2D eigenvalue weighted by Gasteiger charge is 2.37. The third-order valence-electron chi connectivity index (χ3n) is 4.93. The van der Waals surface area contributed by atoms with E-state index in [-0.39, 0.29) is 17.8 Å². The Kier molecular flexibility index (Phi) is 4.01. The number of aromatic amines is 1. The Morgan fingerprint density at radius 3 is 2.96 bits per heavy atom. The van der Waals surface area contributed by atoms with Crippen molar-refractivity contribution in [3.8, 4) is 0 Å². The average molecular weight is 339 g/mol. The minimum absolute atomic E-state index is 0.0188. The van der Waals surface area contributed by atoms with Crippen molar-refractivity contribution in [2.45, 2.75) is 32.0 Å². The molecule has 0 bridgehead atoms.